The van der Waals surface area contributed by atoms with Gasteiger partial charge in [0.25, 0.3) is 0 Å². The lowest BCUT2D eigenvalue weighted by Crippen LogP contribution is -2.18. The van der Waals surface area contributed by atoms with Crippen molar-refractivity contribution in [3.63, 3.8) is 0 Å². The number of ether oxygens (including phenoxy) is 1. The second kappa shape index (κ2) is 4.76. The van der Waals surface area contributed by atoms with Crippen molar-refractivity contribution in [3.05, 3.63) is 29.3 Å². The number of halogens is 3. The van der Waals surface area contributed by atoms with Crippen LogP contribution in [0.25, 0.3) is 0 Å². The van der Waals surface area contributed by atoms with Gasteiger partial charge in [0.05, 0.1) is 0 Å². The van der Waals surface area contributed by atoms with E-state index in [2.05, 4.69) is 4.74 Å². The molecular formula is C12H15F3O. The molecule has 0 unspecified atom stereocenters. The largest absolute Gasteiger partial charge is 0.573 e. The van der Waals surface area contributed by atoms with E-state index in [1.165, 1.54) is 6.07 Å². The first-order chi connectivity index (χ1) is 7.35. The summed E-state index contributed by atoms with van der Waals surface area (Å²) in [6, 6.07) is 4.79. The molecule has 1 aromatic rings. The number of hydrogen-bond donors (Lipinski definition) is 0. The highest BCUT2D eigenvalue weighted by molar-refractivity contribution is 5.41. The zero-order valence-corrected chi connectivity index (χ0v) is 9.56. The molecule has 0 saturated carbocycles. The molecule has 16 heavy (non-hydrogen) atoms. The van der Waals surface area contributed by atoms with Gasteiger partial charge in [0.2, 0.25) is 0 Å². The molecule has 0 heterocycles. The molecule has 4 heteroatoms. The Balaban J connectivity index is 3.14. The van der Waals surface area contributed by atoms with Crippen molar-refractivity contribution in [1.82, 2.24) is 0 Å². The van der Waals surface area contributed by atoms with Crippen molar-refractivity contribution in [1.29, 1.82) is 0 Å². The molecule has 90 valence electrons. The molecule has 0 aliphatic carbocycles. The molecular weight excluding hydrogens is 217 g/mol. The van der Waals surface area contributed by atoms with Crippen LogP contribution in [0.1, 0.15) is 37.8 Å². The van der Waals surface area contributed by atoms with Crippen LogP contribution >= 0.6 is 0 Å². The van der Waals surface area contributed by atoms with E-state index < -0.39 is 6.36 Å². The van der Waals surface area contributed by atoms with Crippen molar-refractivity contribution < 1.29 is 17.9 Å². The first-order valence-corrected chi connectivity index (χ1v) is 5.22. The third kappa shape index (κ3) is 3.15. The Labute approximate surface area is 93.2 Å². The van der Waals surface area contributed by atoms with Crippen LogP contribution in [0.2, 0.25) is 0 Å². The Morgan fingerprint density at radius 3 is 2.31 bits per heavy atom. The summed E-state index contributed by atoms with van der Waals surface area (Å²) in [5.74, 6) is 0.105. The Hall–Kier alpha value is -1.19. The fourth-order valence-electron chi connectivity index (χ4n) is 1.72. The zero-order chi connectivity index (χ0) is 12.3. The summed E-state index contributed by atoms with van der Waals surface area (Å²) in [5, 5.41) is 0. The maximum absolute atomic E-state index is 12.2. The van der Waals surface area contributed by atoms with Crippen LogP contribution in [0.5, 0.6) is 5.75 Å². The fraction of sp³-hybridized carbons (Fsp3) is 0.500. The maximum Gasteiger partial charge on any atom is 0.573 e. The second-order valence-electron chi connectivity index (χ2n) is 3.88. The summed E-state index contributed by atoms with van der Waals surface area (Å²) in [6.07, 6.45) is -4.10. The molecule has 0 N–H and O–H groups in total. The number of rotatable bonds is 3. The van der Waals surface area contributed by atoms with E-state index in [1.807, 2.05) is 26.8 Å². The first-order valence-electron chi connectivity index (χ1n) is 5.22. The average Bonchev–Trinajstić information content (AvgIpc) is 2.14. The molecule has 0 radical (unpaired) electrons. The van der Waals surface area contributed by atoms with Gasteiger partial charge in [-0.05, 0) is 29.5 Å². The van der Waals surface area contributed by atoms with E-state index in [9.17, 15) is 13.2 Å². The minimum absolute atomic E-state index is 0.0822. The second-order valence-corrected chi connectivity index (χ2v) is 3.88. The monoisotopic (exact) mass is 232 g/mol. The quantitative estimate of drug-likeness (QED) is 0.756. The van der Waals surface area contributed by atoms with Crippen LogP contribution in [0.3, 0.4) is 0 Å². The molecule has 0 aliphatic heterocycles. The van der Waals surface area contributed by atoms with Crippen LogP contribution < -0.4 is 4.74 Å². The van der Waals surface area contributed by atoms with Crippen molar-refractivity contribution >= 4 is 0 Å². The minimum atomic E-state index is -4.63. The van der Waals surface area contributed by atoms with E-state index >= 15 is 0 Å². The highest BCUT2D eigenvalue weighted by Gasteiger charge is 2.32. The van der Waals surface area contributed by atoms with Crippen LogP contribution in [-0.2, 0) is 6.42 Å². The SMILES string of the molecule is CCc1c(OC(F)(F)F)cccc1C(C)C. The molecule has 1 aromatic carbocycles. The van der Waals surface area contributed by atoms with Gasteiger partial charge in [0.1, 0.15) is 5.75 Å². The smallest absolute Gasteiger partial charge is 0.405 e. The predicted octanol–water partition coefficient (Wildman–Crippen LogP) is 4.27. The fourth-order valence-corrected chi connectivity index (χ4v) is 1.72. The van der Waals surface area contributed by atoms with Crippen molar-refractivity contribution in [2.45, 2.75) is 39.5 Å². The Kier molecular flexibility index (Phi) is 3.83. The van der Waals surface area contributed by atoms with E-state index in [4.69, 9.17) is 0 Å². The lowest BCUT2D eigenvalue weighted by molar-refractivity contribution is -0.274. The van der Waals surface area contributed by atoms with Crippen molar-refractivity contribution in [3.8, 4) is 5.75 Å². The van der Waals surface area contributed by atoms with E-state index in [0.29, 0.717) is 12.0 Å². The highest BCUT2D eigenvalue weighted by Crippen LogP contribution is 2.32. The lowest BCUT2D eigenvalue weighted by Gasteiger charge is -2.17. The Bertz CT molecular complexity index is 356. The van der Waals surface area contributed by atoms with Crippen LogP contribution in [0, 0.1) is 0 Å². The van der Waals surface area contributed by atoms with E-state index in [1.54, 1.807) is 6.07 Å². The topological polar surface area (TPSA) is 9.23 Å². The molecule has 0 spiro atoms. The van der Waals surface area contributed by atoms with E-state index in [0.717, 1.165) is 5.56 Å². The number of benzene rings is 1. The van der Waals surface area contributed by atoms with Gasteiger partial charge in [-0.3, -0.25) is 0 Å². The molecule has 0 fully saturated rings. The summed E-state index contributed by atoms with van der Waals surface area (Å²) >= 11 is 0. The molecule has 0 atom stereocenters. The van der Waals surface area contributed by atoms with Gasteiger partial charge in [0, 0.05) is 0 Å². The lowest BCUT2D eigenvalue weighted by atomic mass is 9.95. The summed E-state index contributed by atoms with van der Waals surface area (Å²) in [5.41, 5.74) is 1.54. The molecule has 0 saturated heterocycles. The van der Waals surface area contributed by atoms with Gasteiger partial charge in [-0.15, -0.1) is 13.2 Å². The molecule has 1 nitrogen and oxygen atoms in total. The molecule has 0 aromatic heterocycles. The zero-order valence-electron chi connectivity index (χ0n) is 9.56. The van der Waals surface area contributed by atoms with Crippen LogP contribution in [0.4, 0.5) is 13.2 Å². The molecule has 0 amide bonds. The standard InChI is InChI=1S/C12H15F3O/c1-4-9-10(8(2)3)6-5-7-11(9)16-12(13,14)15/h5-8H,4H2,1-3H3. The number of alkyl halides is 3. The normalized spacial score (nSPS) is 11.9. The van der Waals surface area contributed by atoms with Gasteiger partial charge in [-0.1, -0.05) is 32.9 Å². The number of hydrogen-bond acceptors (Lipinski definition) is 1. The summed E-state index contributed by atoms with van der Waals surface area (Å²) < 4.78 is 40.5. The van der Waals surface area contributed by atoms with Gasteiger partial charge >= 0.3 is 6.36 Å². The Morgan fingerprint density at radius 1 is 1.25 bits per heavy atom. The van der Waals surface area contributed by atoms with Crippen LogP contribution in [-0.4, -0.2) is 6.36 Å². The van der Waals surface area contributed by atoms with Crippen molar-refractivity contribution in [2.24, 2.45) is 0 Å². The summed E-state index contributed by atoms with van der Waals surface area (Å²) in [7, 11) is 0. The first kappa shape index (κ1) is 12.9. The maximum atomic E-state index is 12.2. The predicted molar refractivity (Wildman–Crippen MR) is 56.6 cm³/mol. The van der Waals surface area contributed by atoms with Crippen molar-refractivity contribution in [2.75, 3.05) is 0 Å². The van der Waals surface area contributed by atoms with Gasteiger partial charge in [-0.2, -0.15) is 0 Å². The minimum Gasteiger partial charge on any atom is -0.405 e. The summed E-state index contributed by atoms with van der Waals surface area (Å²) in [4.78, 5) is 0. The van der Waals surface area contributed by atoms with Gasteiger partial charge in [0.15, 0.2) is 0 Å². The average molecular weight is 232 g/mol. The summed E-state index contributed by atoms with van der Waals surface area (Å²) in [6.45, 7) is 5.72. The third-order valence-corrected chi connectivity index (χ3v) is 2.37. The molecule has 1 rings (SSSR count). The van der Waals surface area contributed by atoms with E-state index in [-0.39, 0.29) is 11.7 Å². The van der Waals surface area contributed by atoms with Gasteiger partial charge in [-0.25, -0.2) is 0 Å². The molecule has 0 bridgehead atoms. The molecule has 0 aliphatic rings. The van der Waals surface area contributed by atoms with Crippen LogP contribution in [0.15, 0.2) is 18.2 Å². The third-order valence-electron chi connectivity index (χ3n) is 2.37. The van der Waals surface area contributed by atoms with Gasteiger partial charge < -0.3 is 4.74 Å². The Morgan fingerprint density at radius 2 is 1.88 bits per heavy atom. The highest BCUT2D eigenvalue weighted by atomic mass is 19.4.